The van der Waals surface area contributed by atoms with Crippen LogP contribution < -0.4 is 4.74 Å². The molecule has 2 aromatic carbocycles. The second-order valence-corrected chi connectivity index (χ2v) is 5.85. The van der Waals surface area contributed by atoms with Crippen molar-refractivity contribution in [3.8, 4) is 5.75 Å². The summed E-state index contributed by atoms with van der Waals surface area (Å²) in [5.74, 6) is -0.456. The molecule has 3 rings (SSSR count). The molecule has 0 bridgehead atoms. The van der Waals surface area contributed by atoms with Crippen molar-refractivity contribution in [2.45, 2.75) is 19.3 Å². The highest BCUT2D eigenvalue weighted by Gasteiger charge is 2.31. The highest BCUT2D eigenvalue weighted by molar-refractivity contribution is 6.34. The summed E-state index contributed by atoms with van der Waals surface area (Å²) in [6.45, 7) is 0.836. The minimum absolute atomic E-state index is 0.169. The molecule has 1 aliphatic heterocycles. The molecule has 0 spiro atoms. The van der Waals surface area contributed by atoms with Gasteiger partial charge >= 0.3 is 6.36 Å². The first-order valence-corrected chi connectivity index (χ1v) is 7.62. The number of benzene rings is 2. The number of carbonyl (C=O) groups is 1. The average molecular weight is 356 g/mol. The van der Waals surface area contributed by atoms with E-state index in [1.54, 1.807) is 11.0 Å². The van der Waals surface area contributed by atoms with Crippen LogP contribution in [0.4, 0.5) is 13.2 Å². The van der Waals surface area contributed by atoms with Crippen LogP contribution in [0.1, 0.15) is 21.5 Å². The third-order valence-corrected chi connectivity index (χ3v) is 4.10. The second-order valence-electron chi connectivity index (χ2n) is 5.44. The largest absolute Gasteiger partial charge is 0.573 e. The Balaban J connectivity index is 1.73. The van der Waals surface area contributed by atoms with E-state index in [2.05, 4.69) is 4.74 Å². The quantitative estimate of drug-likeness (QED) is 0.814. The van der Waals surface area contributed by atoms with E-state index < -0.39 is 6.36 Å². The van der Waals surface area contributed by atoms with Crippen LogP contribution in [0.25, 0.3) is 0 Å². The number of amides is 1. The van der Waals surface area contributed by atoms with Gasteiger partial charge in [0.25, 0.3) is 5.91 Å². The fraction of sp³-hybridized carbons (Fsp3) is 0.235. The molecule has 0 aliphatic carbocycles. The lowest BCUT2D eigenvalue weighted by Crippen LogP contribution is -2.37. The van der Waals surface area contributed by atoms with Crippen LogP contribution in [0.3, 0.4) is 0 Å². The topological polar surface area (TPSA) is 29.5 Å². The van der Waals surface area contributed by atoms with E-state index in [0.717, 1.165) is 5.56 Å². The molecule has 0 saturated carbocycles. The van der Waals surface area contributed by atoms with Crippen LogP contribution in [0, 0.1) is 0 Å². The third kappa shape index (κ3) is 3.64. The van der Waals surface area contributed by atoms with Crippen LogP contribution in [-0.4, -0.2) is 23.7 Å². The Morgan fingerprint density at radius 1 is 1.12 bits per heavy atom. The Hall–Kier alpha value is -2.21. The van der Waals surface area contributed by atoms with Crippen molar-refractivity contribution in [1.29, 1.82) is 0 Å². The summed E-state index contributed by atoms with van der Waals surface area (Å²) in [4.78, 5) is 14.2. The molecule has 126 valence electrons. The van der Waals surface area contributed by atoms with E-state index in [-0.39, 0.29) is 11.7 Å². The summed E-state index contributed by atoms with van der Waals surface area (Å²) in [5.41, 5.74) is 2.13. The van der Waals surface area contributed by atoms with Crippen molar-refractivity contribution in [2.24, 2.45) is 0 Å². The van der Waals surface area contributed by atoms with Gasteiger partial charge < -0.3 is 9.64 Å². The summed E-state index contributed by atoms with van der Waals surface area (Å²) >= 11 is 6.12. The van der Waals surface area contributed by atoms with Crippen LogP contribution in [0.2, 0.25) is 5.02 Å². The van der Waals surface area contributed by atoms with Gasteiger partial charge in [-0.3, -0.25) is 4.79 Å². The van der Waals surface area contributed by atoms with E-state index in [1.165, 1.54) is 24.3 Å². The molecule has 2 aromatic rings. The van der Waals surface area contributed by atoms with E-state index in [1.807, 2.05) is 12.1 Å². The van der Waals surface area contributed by atoms with Gasteiger partial charge in [0.1, 0.15) is 5.75 Å². The zero-order chi connectivity index (χ0) is 17.3. The Bertz CT molecular complexity index is 759. The second kappa shape index (κ2) is 6.36. The molecule has 0 aromatic heterocycles. The normalized spacial score (nSPS) is 14.5. The lowest BCUT2D eigenvalue weighted by Gasteiger charge is -2.29. The highest BCUT2D eigenvalue weighted by atomic mass is 35.5. The lowest BCUT2D eigenvalue weighted by molar-refractivity contribution is -0.274. The molecule has 1 aliphatic rings. The first-order valence-electron chi connectivity index (χ1n) is 7.25. The molecule has 7 heteroatoms. The molecule has 1 heterocycles. The van der Waals surface area contributed by atoms with Gasteiger partial charge in [-0.05, 0) is 35.7 Å². The predicted octanol–water partition coefficient (Wildman–Crippen LogP) is 4.44. The van der Waals surface area contributed by atoms with Crippen molar-refractivity contribution in [3.05, 3.63) is 64.2 Å². The molecule has 24 heavy (non-hydrogen) atoms. The molecule has 0 radical (unpaired) electrons. The maximum atomic E-state index is 12.6. The summed E-state index contributed by atoms with van der Waals surface area (Å²) in [6, 6.07) is 10.8. The number of hydrogen-bond donors (Lipinski definition) is 0. The average Bonchev–Trinajstić information content (AvgIpc) is 2.50. The number of rotatable bonds is 3. The van der Waals surface area contributed by atoms with Gasteiger partial charge in [0.2, 0.25) is 0 Å². The van der Waals surface area contributed by atoms with Gasteiger partial charge in [-0.25, -0.2) is 0 Å². The maximum absolute atomic E-state index is 12.6. The SMILES string of the molecule is O=C1c2c(Cl)cccc2CCN1Cc1ccc(OC(F)(F)F)cc1. The molecule has 0 unspecified atom stereocenters. The van der Waals surface area contributed by atoms with Crippen molar-refractivity contribution >= 4 is 17.5 Å². The van der Waals surface area contributed by atoms with Crippen molar-refractivity contribution in [3.63, 3.8) is 0 Å². The smallest absolute Gasteiger partial charge is 0.406 e. The van der Waals surface area contributed by atoms with Crippen molar-refractivity contribution in [1.82, 2.24) is 4.90 Å². The van der Waals surface area contributed by atoms with E-state index in [4.69, 9.17) is 11.6 Å². The Morgan fingerprint density at radius 3 is 2.50 bits per heavy atom. The lowest BCUT2D eigenvalue weighted by atomic mass is 9.98. The van der Waals surface area contributed by atoms with E-state index in [0.29, 0.717) is 35.7 Å². The van der Waals surface area contributed by atoms with E-state index >= 15 is 0 Å². The minimum atomic E-state index is -4.72. The molecular weight excluding hydrogens is 343 g/mol. The van der Waals surface area contributed by atoms with Crippen LogP contribution >= 0.6 is 11.6 Å². The van der Waals surface area contributed by atoms with Crippen LogP contribution in [-0.2, 0) is 13.0 Å². The number of hydrogen-bond acceptors (Lipinski definition) is 2. The maximum Gasteiger partial charge on any atom is 0.573 e. The summed E-state index contributed by atoms with van der Waals surface area (Å²) in [6.07, 6.45) is -4.03. The number of carbonyl (C=O) groups excluding carboxylic acids is 1. The highest BCUT2D eigenvalue weighted by Crippen LogP contribution is 2.28. The standard InChI is InChI=1S/C17H13ClF3NO2/c18-14-3-1-2-12-8-9-22(16(23)15(12)14)10-11-4-6-13(7-5-11)24-17(19,20)21/h1-7H,8-10H2. The first kappa shape index (κ1) is 16.6. The van der Waals surface area contributed by atoms with Gasteiger partial charge in [0, 0.05) is 13.1 Å². The number of nitrogens with zero attached hydrogens (tertiary/aromatic N) is 1. The van der Waals surface area contributed by atoms with E-state index in [9.17, 15) is 18.0 Å². The zero-order valence-electron chi connectivity index (χ0n) is 12.4. The van der Waals surface area contributed by atoms with Crippen LogP contribution in [0.5, 0.6) is 5.75 Å². The van der Waals surface area contributed by atoms with Gasteiger partial charge in [0.15, 0.2) is 0 Å². The zero-order valence-corrected chi connectivity index (χ0v) is 13.2. The third-order valence-electron chi connectivity index (χ3n) is 3.78. The molecule has 1 amide bonds. The van der Waals surface area contributed by atoms with Gasteiger partial charge in [-0.15, -0.1) is 13.2 Å². The fourth-order valence-electron chi connectivity index (χ4n) is 2.70. The Kier molecular flexibility index (Phi) is 4.41. The summed E-state index contributed by atoms with van der Waals surface area (Å²) in [5, 5.41) is 0.413. The van der Waals surface area contributed by atoms with Gasteiger partial charge in [-0.1, -0.05) is 35.9 Å². The van der Waals surface area contributed by atoms with Crippen molar-refractivity contribution in [2.75, 3.05) is 6.54 Å². The van der Waals surface area contributed by atoms with Crippen molar-refractivity contribution < 1.29 is 22.7 Å². The van der Waals surface area contributed by atoms with Gasteiger partial charge in [0.05, 0.1) is 10.6 Å². The fourth-order valence-corrected chi connectivity index (χ4v) is 2.97. The number of fused-ring (bicyclic) bond motifs is 1. The Morgan fingerprint density at radius 2 is 1.83 bits per heavy atom. The van der Waals surface area contributed by atoms with Crippen LogP contribution in [0.15, 0.2) is 42.5 Å². The monoisotopic (exact) mass is 355 g/mol. The minimum Gasteiger partial charge on any atom is -0.406 e. The molecule has 0 saturated heterocycles. The number of ether oxygens (including phenoxy) is 1. The molecular formula is C17H13ClF3NO2. The molecule has 3 nitrogen and oxygen atoms in total. The number of halogens is 4. The predicted molar refractivity (Wildman–Crippen MR) is 83.0 cm³/mol. The first-order chi connectivity index (χ1) is 11.3. The van der Waals surface area contributed by atoms with Gasteiger partial charge in [-0.2, -0.15) is 0 Å². The molecule has 0 N–H and O–H groups in total. The molecule has 0 atom stereocenters. The summed E-state index contributed by atoms with van der Waals surface area (Å²) < 4.78 is 40.3. The number of alkyl halides is 3. The molecule has 0 fully saturated rings. The Labute approximate surface area is 141 Å². The summed E-state index contributed by atoms with van der Waals surface area (Å²) in [7, 11) is 0.